The standard InChI is InChI=1S/C65H118O6/c1-4-7-10-13-16-19-22-25-28-31-32-35-37-40-43-46-49-52-55-58-64(67)70-61-62(71-65(68)59-56-53-50-47-44-41-38-34-30-27-24-21-18-15-12-9-6-3)60-69-63(66)57-54-51-48-45-42-39-36-33-29-26-23-20-17-14-11-8-5-2/h16,18-19,21,25,27-28,30,62H,4-15,17,20,22-24,26,29,31-61H2,1-3H3/b19-16-,21-18-,28-25-,30-27-. The third-order valence-corrected chi connectivity index (χ3v) is 13.8. The maximum Gasteiger partial charge on any atom is 0.306 e. The summed E-state index contributed by atoms with van der Waals surface area (Å²) in [6, 6.07) is 0. The molecule has 0 bridgehead atoms. The molecule has 0 aromatic rings. The van der Waals surface area contributed by atoms with Crippen molar-refractivity contribution in [2.45, 2.75) is 335 Å². The van der Waals surface area contributed by atoms with Crippen LogP contribution in [-0.4, -0.2) is 37.2 Å². The van der Waals surface area contributed by atoms with Gasteiger partial charge in [-0.15, -0.1) is 0 Å². The van der Waals surface area contributed by atoms with E-state index in [-0.39, 0.29) is 31.1 Å². The number of esters is 3. The number of hydrogen-bond acceptors (Lipinski definition) is 6. The summed E-state index contributed by atoms with van der Waals surface area (Å²) in [5, 5.41) is 0. The van der Waals surface area contributed by atoms with E-state index in [0.717, 1.165) is 77.0 Å². The van der Waals surface area contributed by atoms with Gasteiger partial charge in [-0.1, -0.05) is 275 Å². The number of ether oxygens (including phenoxy) is 3. The zero-order chi connectivity index (χ0) is 51.4. The third-order valence-electron chi connectivity index (χ3n) is 13.8. The molecule has 1 atom stereocenters. The Hall–Kier alpha value is -2.63. The van der Waals surface area contributed by atoms with Crippen molar-refractivity contribution < 1.29 is 28.6 Å². The maximum absolute atomic E-state index is 12.9. The molecule has 6 nitrogen and oxygen atoms in total. The van der Waals surface area contributed by atoms with Gasteiger partial charge in [0.2, 0.25) is 0 Å². The Balaban J connectivity index is 4.36. The Labute approximate surface area is 441 Å². The molecule has 1 unspecified atom stereocenters. The van der Waals surface area contributed by atoms with Gasteiger partial charge in [0.15, 0.2) is 6.10 Å². The van der Waals surface area contributed by atoms with Crippen LogP contribution in [-0.2, 0) is 28.6 Å². The molecule has 0 N–H and O–H groups in total. The summed E-state index contributed by atoms with van der Waals surface area (Å²) < 4.78 is 16.9. The van der Waals surface area contributed by atoms with Crippen molar-refractivity contribution in [3.8, 4) is 0 Å². The molecule has 0 heterocycles. The van der Waals surface area contributed by atoms with E-state index in [4.69, 9.17) is 14.2 Å². The summed E-state index contributed by atoms with van der Waals surface area (Å²) in [4.78, 5) is 38.3. The lowest BCUT2D eigenvalue weighted by molar-refractivity contribution is -0.167. The monoisotopic (exact) mass is 995 g/mol. The molecule has 0 aromatic heterocycles. The lowest BCUT2D eigenvalue weighted by Gasteiger charge is -2.18. The number of carbonyl (C=O) groups is 3. The molecular formula is C65H118O6. The van der Waals surface area contributed by atoms with Gasteiger partial charge in [0, 0.05) is 19.3 Å². The van der Waals surface area contributed by atoms with E-state index < -0.39 is 6.10 Å². The minimum atomic E-state index is -0.778. The second-order valence-corrected chi connectivity index (χ2v) is 21.0. The molecular weight excluding hydrogens is 877 g/mol. The third kappa shape index (κ3) is 58.1. The molecule has 0 spiro atoms. The van der Waals surface area contributed by atoms with Crippen molar-refractivity contribution in [2.24, 2.45) is 0 Å². The second kappa shape index (κ2) is 59.9. The molecule has 6 heteroatoms. The number of unbranched alkanes of at least 4 members (excludes halogenated alkanes) is 38. The highest BCUT2D eigenvalue weighted by Crippen LogP contribution is 2.17. The Morgan fingerprint density at radius 1 is 0.282 bits per heavy atom. The van der Waals surface area contributed by atoms with E-state index in [0.29, 0.717) is 19.3 Å². The zero-order valence-corrected chi connectivity index (χ0v) is 47.5. The van der Waals surface area contributed by atoms with E-state index in [1.54, 1.807) is 0 Å². The van der Waals surface area contributed by atoms with Gasteiger partial charge < -0.3 is 14.2 Å². The molecule has 0 saturated carbocycles. The highest BCUT2D eigenvalue weighted by atomic mass is 16.6. The van der Waals surface area contributed by atoms with E-state index in [9.17, 15) is 14.4 Å². The fourth-order valence-corrected chi connectivity index (χ4v) is 9.09. The molecule has 0 aromatic carbocycles. The van der Waals surface area contributed by atoms with Crippen LogP contribution in [0.15, 0.2) is 48.6 Å². The first-order chi connectivity index (χ1) is 35.0. The summed E-state index contributed by atoms with van der Waals surface area (Å²) >= 11 is 0. The van der Waals surface area contributed by atoms with Gasteiger partial charge in [-0.2, -0.15) is 0 Å². The van der Waals surface area contributed by atoms with Gasteiger partial charge in [-0.05, 0) is 83.5 Å². The fourth-order valence-electron chi connectivity index (χ4n) is 9.09. The number of carbonyl (C=O) groups excluding carboxylic acids is 3. The van der Waals surface area contributed by atoms with Crippen molar-refractivity contribution >= 4 is 17.9 Å². The highest BCUT2D eigenvalue weighted by molar-refractivity contribution is 5.71. The molecule has 71 heavy (non-hydrogen) atoms. The van der Waals surface area contributed by atoms with Crippen molar-refractivity contribution in [3.05, 3.63) is 48.6 Å². The van der Waals surface area contributed by atoms with Crippen molar-refractivity contribution in [2.75, 3.05) is 13.2 Å². The van der Waals surface area contributed by atoms with Gasteiger partial charge in [0.25, 0.3) is 0 Å². The summed E-state index contributed by atoms with van der Waals surface area (Å²) in [6.07, 6.45) is 73.9. The number of hydrogen-bond donors (Lipinski definition) is 0. The smallest absolute Gasteiger partial charge is 0.306 e. The highest BCUT2D eigenvalue weighted by Gasteiger charge is 2.19. The summed E-state index contributed by atoms with van der Waals surface area (Å²) in [5.74, 6) is -0.866. The predicted molar refractivity (Wildman–Crippen MR) is 307 cm³/mol. The lowest BCUT2D eigenvalue weighted by Crippen LogP contribution is -2.30. The molecule has 0 rings (SSSR count). The van der Waals surface area contributed by atoms with Crippen LogP contribution < -0.4 is 0 Å². The van der Waals surface area contributed by atoms with Crippen LogP contribution >= 0.6 is 0 Å². The van der Waals surface area contributed by atoms with Crippen LogP contribution in [0.3, 0.4) is 0 Å². The first-order valence-electron chi connectivity index (χ1n) is 31.1. The minimum Gasteiger partial charge on any atom is -0.462 e. The van der Waals surface area contributed by atoms with Gasteiger partial charge in [-0.3, -0.25) is 14.4 Å². The Morgan fingerprint density at radius 2 is 0.507 bits per heavy atom. The molecule has 0 saturated heterocycles. The van der Waals surface area contributed by atoms with Crippen LogP contribution in [0.1, 0.15) is 329 Å². The van der Waals surface area contributed by atoms with Crippen LogP contribution in [0.2, 0.25) is 0 Å². The van der Waals surface area contributed by atoms with Crippen LogP contribution in [0.4, 0.5) is 0 Å². The zero-order valence-electron chi connectivity index (χ0n) is 47.5. The van der Waals surface area contributed by atoms with Crippen LogP contribution in [0, 0.1) is 0 Å². The van der Waals surface area contributed by atoms with E-state index in [1.165, 1.54) is 212 Å². The Bertz CT molecular complexity index is 1230. The topological polar surface area (TPSA) is 78.9 Å². The molecule has 0 radical (unpaired) electrons. The number of allylic oxidation sites excluding steroid dienone is 8. The normalized spacial score (nSPS) is 12.3. The summed E-state index contributed by atoms with van der Waals surface area (Å²) in [7, 11) is 0. The SMILES string of the molecule is CCCCC/C=C\C/C=C\CCCCCCCCCCCC(=O)OCC(COC(=O)CCCCCCCCCCCCCCCCCCC)OC(=O)CCCCCCCCC/C=C\C/C=C\CCCCC. The quantitative estimate of drug-likeness (QED) is 0.0261. The average Bonchev–Trinajstić information content (AvgIpc) is 3.37. The predicted octanol–water partition coefficient (Wildman–Crippen LogP) is 21.0. The largest absolute Gasteiger partial charge is 0.462 e. The Kier molecular flexibility index (Phi) is 57.7. The van der Waals surface area contributed by atoms with Gasteiger partial charge in [0.05, 0.1) is 0 Å². The second-order valence-electron chi connectivity index (χ2n) is 21.0. The van der Waals surface area contributed by atoms with Crippen molar-refractivity contribution in [1.82, 2.24) is 0 Å². The first kappa shape index (κ1) is 68.4. The molecule has 0 amide bonds. The van der Waals surface area contributed by atoms with Crippen molar-refractivity contribution in [3.63, 3.8) is 0 Å². The number of rotatable bonds is 57. The molecule has 0 aliphatic rings. The van der Waals surface area contributed by atoms with Crippen LogP contribution in [0.25, 0.3) is 0 Å². The van der Waals surface area contributed by atoms with Gasteiger partial charge in [-0.25, -0.2) is 0 Å². The Morgan fingerprint density at radius 3 is 0.803 bits per heavy atom. The van der Waals surface area contributed by atoms with Crippen molar-refractivity contribution in [1.29, 1.82) is 0 Å². The van der Waals surface area contributed by atoms with Gasteiger partial charge >= 0.3 is 17.9 Å². The van der Waals surface area contributed by atoms with E-state index in [1.807, 2.05) is 0 Å². The van der Waals surface area contributed by atoms with E-state index in [2.05, 4.69) is 69.4 Å². The minimum absolute atomic E-state index is 0.0741. The fraction of sp³-hybridized carbons (Fsp3) is 0.831. The van der Waals surface area contributed by atoms with Crippen LogP contribution in [0.5, 0.6) is 0 Å². The summed E-state index contributed by atoms with van der Waals surface area (Å²) in [5.41, 5.74) is 0. The molecule has 414 valence electrons. The lowest BCUT2D eigenvalue weighted by atomic mass is 10.0. The van der Waals surface area contributed by atoms with E-state index >= 15 is 0 Å². The first-order valence-corrected chi connectivity index (χ1v) is 31.1. The molecule has 0 aliphatic heterocycles. The molecule has 0 aliphatic carbocycles. The average molecular weight is 996 g/mol. The van der Waals surface area contributed by atoms with Gasteiger partial charge in [0.1, 0.15) is 13.2 Å². The summed E-state index contributed by atoms with van der Waals surface area (Å²) in [6.45, 7) is 6.63. The maximum atomic E-state index is 12.9. The molecule has 0 fully saturated rings.